The number of nitrogens with two attached hydrogens (primary N) is 1. The fourth-order valence-corrected chi connectivity index (χ4v) is 2.24. The average Bonchev–Trinajstić information content (AvgIpc) is 2.46. The Balaban J connectivity index is 2.00. The molecule has 2 aromatic rings. The molecule has 0 atom stereocenters. The summed E-state index contributed by atoms with van der Waals surface area (Å²) in [5.41, 5.74) is 8.34. The summed E-state index contributed by atoms with van der Waals surface area (Å²) in [5.74, 6) is -0.175. The first kappa shape index (κ1) is 14.5. The van der Waals surface area contributed by atoms with Crippen molar-refractivity contribution >= 4 is 5.69 Å². The molecule has 0 aliphatic carbocycles. The maximum Gasteiger partial charge on any atom is 0.146 e. The van der Waals surface area contributed by atoms with E-state index in [0.717, 1.165) is 18.5 Å². The van der Waals surface area contributed by atoms with Crippen LogP contribution in [0.15, 0.2) is 48.5 Å². The normalized spacial score (nSPS) is 10.6. The molecule has 0 aromatic heterocycles. The Labute approximate surface area is 120 Å². The van der Waals surface area contributed by atoms with Gasteiger partial charge >= 0.3 is 0 Å². The Morgan fingerprint density at radius 1 is 1.00 bits per heavy atom. The van der Waals surface area contributed by atoms with Gasteiger partial charge in [-0.25, -0.2) is 4.39 Å². The molecule has 0 spiro atoms. The van der Waals surface area contributed by atoms with Crippen molar-refractivity contribution in [3.05, 3.63) is 65.5 Å². The second kappa shape index (κ2) is 7.06. The van der Waals surface area contributed by atoms with Crippen LogP contribution in [0, 0.1) is 5.82 Å². The number of nitrogens with zero attached hydrogens (tertiary/aromatic N) is 1. The van der Waals surface area contributed by atoms with Crippen LogP contribution in [0.25, 0.3) is 0 Å². The molecule has 2 rings (SSSR count). The van der Waals surface area contributed by atoms with Gasteiger partial charge in [-0.2, -0.15) is 0 Å². The first-order valence-corrected chi connectivity index (χ1v) is 6.94. The lowest BCUT2D eigenvalue weighted by molar-refractivity contribution is 0.620. The molecule has 0 heterocycles. The van der Waals surface area contributed by atoms with E-state index in [4.69, 9.17) is 5.73 Å². The van der Waals surface area contributed by atoms with Crippen molar-refractivity contribution in [1.29, 1.82) is 0 Å². The number of likely N-dealkylation sites (N-methyl/N-ethyl adjacent to an activating group) is 1. The largest absolute Gasteiger partial charge is 0.372 e. The molecule has 20 heavy (non-hydrogen) atoms. The lowest BCUT2D eigenvalue weighted by Gasteiger charge is -2.20. The van der Waals surface area contributed by atoms with Crippen molar-refractivity contribution in [2.24, 2.45) is 5.73 Å². The van der Waals surface area contributed by atoms with Gasteiger partial charge < -0.3 is 10.6 Å². The third-order valence-electron chi connectivity index (χ3n) is 3.44. The molecule has 106 valence electrons. The molecule has 2 aromatic carbocycles. The quantitative estimate of drug-likeness (QED) is 0.876. The standard InChI is InChI=1S/C17H21FN2/c1-20(12-10-14-5-3-2-4-6-14)17-8-7-15(9-11-19)13-16(17)18/h2-8,13H,9-12,19H2,1H3. The Kier molecular flexibility index (Phi) is 5.13. The zero-order valence-electron chi connectivity index (χ0n) is 11.8. The van der Waals surface area contributed by atoms with Gasteiger partial charge in [0.2, 0.25) is 0 Å². The molecule has 3 heteroatoms. The zero-order valence-corrected chi connectivity index (χ0v) is 11.8. The van der Waals surface area contributed by atoms with Crippen molar-refractivity contribution in [3.63, 3.8) is 0 Å². The molecular weight excluding hydrogens is 251 g/mol. The second-order valence-corrected chi connectivity index (χ2v) is 4.98. The monoisotopic (exact) mass is 272 g/mol. The highest BCUT2D eigenvalue weighted by Gasteiger charge is 2.08. The van der Waals surface area contributed by atoms with E-state index in [1.54, 1.807) is 6.07 Å². The topological polar surface area (TPSA) is 29.3 Å². The van der Waals surface area contributed by atoms with E-state index in [-0.39, 0.29) is 5.82 Å². The Hall–Kier alpha value is -1.87. The summed E-state index contributed by atoms with van der Waals surface area (Å²) in [6.07, 6.45) is 1.62. The molecule has 0 fully saturated rings. The van der Waals surface area contributed by atoms with Crippen LogP contribution in [0.5, 0.6) is 0 Å². The summed E-state index contributed by atoms with van der Waals surface area (Å²) >= 11 is 0. The molecule has 0 saturated carbocycles. The highest BCUT2D eigenvalue weighted by molar-refractivity contribution is 5.48. The number of benzene rings is 2. The summed E-state index contributed by atoms with van der Waals surface area (Å²) in [6, 6.07) is 15.6. The third-order valence-corrected chi connectivity index (χ3v) is 3.44. The highest BCUT2D eigenvalue weighted by atomic mass is 19.1. The Morgan fingerprint density at radius 3 is 2.40 bits per heavy atom. The molecular formula is C17H21FN2. The van der Waals surface area contributed by atoms with Gasteiger partial charge in [-0.05, 0) is 42.6 Å². The minimum atomic E-state index is -0.175. The van der Waals surface area contributed by atoms with Crippen molar-refractivity contribution in [3.8, 4) is 0 Å². The predicted molar refractivity (Wildman–Crippen MR) is 82.6 cm³/mol. The lowest BCUT2D eigenvalue weighted by Crippen LogP contribution is -2.21. The zero-order chi connectivity index (χ0) is 14.4. The first-order valence-electron chi connectivity index (χ1n) is 6.94. The minimum absolute atomic E-state index is 0.175. The molecule has 0 radical (unpaired) electrons. The van der Waals surface area contributed by atoms with E-state index in [9.17, 15) is 4.39 Å². The number of hydrogen-bond donors (Lipinski definition) is 1. The van der Waals surface area contributed by atoms with E-state index in [2.05, 4.69) is 12.1 Å². The van der Waals surface area contributed by atoms with Gasteiger partial charge in [0.05, 0.1) is 5.69 Å². The Bertz CT molecular complexity index is 540. The van der Waals surface area contributed by atoms with Gasteiger partial charge in [-0.15, -0.1) is 0 Å². The third kappa shape index (κ3) is 3.81. The summed E-state index contributed by atoms with van der Waals surface area (Å²) in [4.78, 5) is 1.95. The van der Waals surface area contributed by atoms with Gasteiger partial charge in [0, 0.05) is 13.6 Å². The maximum absolute atomic E-state index is 14.1. The fraction of sp³-hybridized carbons (Fsp3) is 0.294. The number of halogens is 1. The van der Waals surface area contributed by atoms with E-state index in [1.165, 1.54) is 5.56 Å². The number of anilines is 1. The van der Waals surface area contributed by atoms with Crippen molar-refractivity contribution in [2.45, 2.75) is 12.8 Å². The Morgan fingerprint density at radius 2 is 1.75 bits per heavy atom. The van der Waals surface area contributed by atoms with Gasteiger partial charge in [0.15, 0.2) is 0 Å². The summed E-state index contributed by atoms with van der Waals surface area (Å²) in [7, 11) is 1.92. The molecule has 0 aliphatic rings. The van der Waals surface area contributed by atoms with Crippen LogP contribution in [0.4, 0.5) is 10.1 Å². The average molecular weight is 272 g/mol. The van der Waals surface area contributed by atoms with Gasteiger partial charge in [0.1, 0.15) is 5.82 Å². The predicted octanol–water partition coefficient (Wildman–Crippen LogP) is 3.01. The van der Waals surface area contributed by atoms with Crippen LogP contribution in [-0.2, 0) is 12.8 Å². The van der Waals surface area contributed by atoms with Crippen molar-refractivity contribution < 1.29 is 4.39 Å². The SMILES string of the molecule is CN(CCc1ccccc1)c1ccc(CCN)cc1F. The lowest BCUT2D eigenvalue weighted by atomic mass is 10.1. The van der Waals surface area contributed by atoms with Gasteiger partial charge in [-0.1, -0.05) is 36.4 Å². The van der Waals surface area contributed by atoms with Gasteiger partial charge in [0.25, 0.3) is 0 Å². The maximum atomic E-state index is 14.1. The minimum Gasteiger partial charge on any atom is -0.372 e. The summed E-state index contributed by atoms with van der Waals surface area (Å²) in [6.45, 7) is 1.33. The number of rotatable bonds is 6. The fourth-order valence-electron chi connectivity index (χ4n) is 2.24. The summed E-state index contributed by atoms with van der Waals surface area (Å²) < 4.78 is 14.1. The molecule has 2 nitrogen and oxygen atoms in total. The van der Waals surface area contributed by atoms with Crippen LogP contribution in [0.3, 0.4) is 0 Å². The van der Waals surface area contributed by atoms with Crippen LogP contribution < -0.4 is 10.6 Å². The molecule has 0 amide bonds. The molecule has 0 saturated heterocycles. The molecule has 0 aliphatic heterocycles. The van der Waals surface area contributed by atoms with E-state index >= 15 is 0 Å². The smallest absolute Gasteiger partial charge is 0.146 e. The van der Waals surface area contributed by atoms with E-state index in [0.29, 0.717) is 18.7 Å². The van der Waals surface area contributed by atoms with E-state index in [1.807, 2.05) is 42.3 Å². The highest BCUT2D eigenvalue weighted by Crippen LogP contribution is 2.20. The molecule has 2 N–H and O–H groups in total. The molecule has 0 bridgehead atoms. The summed E-state index contributed by atoms with van der Waals surface area (Å²) in [5, 5.41) is 0. The first-order chi connectivity index (χ1) is 9.70. The van der Waals surface area contributed by atoms with Crippen LogP contribution in [0.1, 0.15) is 11.1 Å². The van der Waals surface area contributed by atoms with Crippen molar-refractivity contribution in [1.82, 2.24) is 0 Å². The molecule has 0 unspecified atom stereocenters. The van der Waals surface area contributed by atoms with Gasteiger partial charge in [-0.3, -0.25) is 0 Å². The van der Waals surface area contributed by atoms with Crippen LogP contribution in [0.2, 0.25) is 0 Å². The van der Waals surface area contributed by atoms with Crippen LogP contribution >= 0.6 is 0 Å². The second-order valence-electron chi connectivity index (χ2n) is 4.98. The number of hydrogen-bond acceptors (Lipinski definition) is 2. The van der Waals surface area contributed by atoms with E-state index < -0.39 is 0 Å². The van der Waals surface area contributed by atoms with Crippen LogP contribution in [-0.4, -0.2) is 20.1 Å². The van der Waals surface area contributed by atoms with Crippen molar-refractivity contribution in [2.75, 3.05) is 25.0 Å².